The summed E-state index contributed by atoms with van der Waals surface area (Å²) >= 11 is 0. The van der Waals surface area contributed by atoms with Crippen LogP contribution in [0, 0.1) is 26.3 Å². The van der Waals surface area contributed by atoms with E-state index < -0.39 is 29.7 Å². The number of benzene rings is 2. The minimum absolute atomic E-state index is 0.103. The van der Waals surface area contributed by atoms with Gasteiger partial charge in [-0.15, -0.1) is 0 Å². The van der Waals surface area contributed by atoms with E-state index in [0.717, 1.165) is 34.4 Å². The van der Waals surface area contributed by atoms with E-state index in [4.69, 9.17) is 11.2 Å². The van der Waals surface area contributed by atoms with Crippen LogP contribution in [0.1, 0.15) is 75.8 Å². The first-order chi connectivity index (χ1) is 17.9. The van der Waals surface area contributed by atoms with Crippen molar-refractivity contribution in [2.24, 2.45) is 0 Å². The molecule has 2 aromatic carbocycles. The predicted molar refractivity (Wildman–Crippen MR) is 150 cm³/mol. The fourth-order valence-electron chi connectivity index (χ4n) is 4.40. The van der Waals surface area contributed by atoms with Crippen LogP contribution in [0.2, 0.25) is 0 Å². The van der Waals surface area contributed by atoms with Crippen molar-refractivity contribution in [2.75, 3.05) is 0 Å². The number of hydrogen-bond acceptors (Lipinski definition) is 4. The molecule has 0 radical (unpaired) electrons. The van der Waals surface area contributed by atoms with E-state index in [1.54, 1.807) is 20.8 Å². The van der Waals surface area contributed by atoms with Crippen molar-refractivity contribution in [2.45, 2.75) is 91.5 Å². The summed E-state index contributed by atoms with van der Waals surface area (Å²) in [5.74, 6) is -0.946. The molecule has 0 heterocycles. The van der Waals surface area contributed by atoms with Crippen LogP contribution in [0.25, 0.3) is 0 Å². The summed E-state index contributed by atoms with van der Waals surface area (Å²) in [6, 6.07) is 15.2. The molecule has 0 aliphatic carbocycles. The van der Waals surface area contributed by atoms with E-state index in [0.29, 0.717) is 5.56 Å². The molecule has 38 heavy (non-hydrogen) atoms. The minimum Gasteiger partial charge on any atom is -0.444 e. The molecule has 3 atom stereocenters. The van der Waals surface area contributed by atoms with Crippen LogP contribution in [0.15, 0.2) is 48.5 Å². The molecule has 0 bridgehead atoms. The quantitative estimate of drug-likeness (QED) is 0.333. The molecule has 3 unspecified atom stereocenters. The van der Waals surface area contributed by atoms with E-state index in [-0.39, 0.29) is 18.4 Å². The Bertz CT molecular complexity index is 1130. The van der Waals surface area contributed by atoms with Crippen LogP contribution < -0.4 is 10.6 Å². The van der Waals surface area contributed by atoms with Crippen molar-refractivity contribution >= 4 is 17.9 Å². The third kappa shape index (κ3) is 8.65. The smallest absolute Gasteiger partial charge is 0.408 e. The van der Waals surface area contributed by atoms with E-state index >= 15 is 0 Å². The van der Waals surface area contributed by atoms with E-state index in [1.807, 2.05) is 76.2 Å². The van der Waals surface area contributed by atoms with Crippen molar-refractivity contribution in [3.8, 4) is 12.5 Å². The second-order valence-electron chi connectivity index (χ2n) is 10.6. The van der Waals surface area contributed by atoms with Gasteiger partial charge in [0.25, 0.3) is 5.91 Å². The Morgan fingerprint density at radius 3 is 2.13 bits per heavy atom. The lowest BCUT2D eigenvalue weighted by molar-refractivity contribution is -0.138. The summed E-state index contributed by atoms with van der Waals surface area (Å²) < 4.78 is 5.43. The fraction of sp³-hybridized carbons (Fsp3) is 0.452. The van der Waals surface area contributed by atoms with Crippen LogP contribution in [0.3, 0.4) is 0 Å². The number of rotatable bonds is 10. The van der Waals surface area contributed by atoms with Gasteiger partial charge in [-0.25, -0.2) is 4.79 Å². The molecule has 204 valence electrons. The van der Waals surface area contributed by atoms with Crippen molar-refractivity contribution in [1.29, 1.82) is 0 Å². The van der Waals surface area contributed by atoms with Crippen molar-refractivity contribution in [3.63, 3.8) is 0 Å². The van der Waals surface area contributed by atoms with Gasteiger partial charge in [0.2, 0.25) is 5.91 Å². The molecule has 2 N–H and O–H groups in total. The second kappa shape index (κ2) is 13.7. The first kappa shape index (κ1) is 30.4. The molecule has 0 aromatic heterocycles. The van der Waals surface area contributed by atoms with Gasteiger partial charge in [-0.1, -0.05) is 68.3 Å². The normalized spacial score (nSPS) is 13.4. The van der Waals surface area contributed by atoms with Crippen molar-refractivity contribution in [3.05, 3.63) is 70.8 Å². The Morgan fingerprint density at radius 1 is 1.00 bits per heavy atom. The van der Waals surface area contributed by atoms with Crippen molar-refractivity contribution < 1.29 is 19.1 Å². The topological polar surface area (TPSA) is 87.7 Å². The zero-order valence-electron chi connectivity index (χ0n) is 23.6. The Hall–Kier alpha value is -3.79. The average Bonchev–Trinajstić information content (AvgIpc) is 2.82. The molecule has 0 aliphatic rings. The number of carbonyl (C=O) groups excluding carboxylic acids is 3. The number of alkyl carbamates (subject to hydrolysis) is 1. The molecular weight excluding hydrogens is 478 g/mol. The molecule has 3 amide bonds. The Kier molecular flexibility index (Phi) is 10.9. The summed E-state index contributed by atoms with van der Waals surface area (Å²) in [6.07, 6.45) is 7.04. The maximum atomic E-state index is 14.1. The van der Waals surface area contributed by atoms with Gasteiger partial charge in [-0.2, -0.15) is 0 Å². The number of ether oxygens (including phenoxy) is 1. The lowest BCUT2D eigenvalue weighted by Gasteiger charge is -2.32. The highest BCUT2D eigenvalue weighted by Crippen LogP contribution is 2.28. The zero-order valence-corrected chi connectivity index (χ0v) is 23.6. The largest absolute Gasteiger partial charge is 0.444 e. The van der Waals surface area contributed by atoms with Crippen LogP contribution in [0.4, 0.5) is 4.79 Å². The highest BCUT2D eigenvalue weighted by molar-refractivity contribution is 5.94. The Balaban J connectivity index is 2.54. The minimum atomic E-state index is -1.08. The van der Waals surface area contributed by atoms with Gasteiger partial charge >= 0.3 is 6.09 Å². The lowest BCUT2D eigenvalue weighted by Crippen LogP contribution is -2.53. The fourth-order valence-corrected chi connectivity index (χ4v) is 4.40. The zero-order chi connectivity index (χ0) is 28.5. The summed E-state index contributed by atoms with van der Waals surface area (Å²) in [6.45, 7) is 13.0. The Morgan fingerprint density at radius 2 is 1.61 bits per heavy atom. The van der Waals surface area contributed by atoms with E-state index in [2.05, 4.69) is 16.7 Å². The molecule has 0 spiro atoms. The molecule has 0 saturated heterocycles. The predicted octanol–water partition coefficient (Wildman–Crippen LogP) is 5.20. The number of aryl methyl sites for hydroxylation is 2. The SMILES string of the molecule is C#CN(C(=O)C(Cc1ccccc1)NC(=O)OC(C)(C)C)C(C(=O)NC(C)CCC)c1c(C)cccc1C. The maximum Gasteiger partial charge on any atom is 0.408 e. The summed E-state index contributed by atoms with van der Waals surface area (Å²) in [5, 5.41) is 5.72. The number of nitrogens with zero attached hydrogens (tertiary/aromatic N) is 1. The number of amides is 3. The van der Waals surface area contributed by atoms with E-state index in [9.17, 15) is 14.4 Å². The molecule has 7 nitrogen and oxygen atoms in total. The third-order valence-electron chi connectivity index (χ3n) is 6.08. The summed E-state index contributed by atoms with van der Waals surface area (Å²) in [4.78, 5) is 41.6. The highest BCUT2D eigenvalue weighted by Gasteiger charge is 2.37. The van der Waals surface area contributed by atoms with Gasteiger partial charge in [0.15, 0.2) is 0 Å². The maximum absolute atomic E-state index is 14.1. The van der Waals surface area contributed by atoms with Gasteiger partial charge in [0.05, 0.1) is 0 Å². The molecule has 0 aliphatic heterocycles. The number of nitrogens with one attached hydrogen (secondary N) is 2. The van der Waals surface area contributed by atoms with Gasteiger partial charge in [0.1, 0.15) is 17.7 Å². The first-order valence-electron chi connectivity index (χ1n) is 13.1. The number of terminal acetylenes is 1. The van der Waals surface area contributed by atoms with E-state index in [1.165, 1.54) is 0 Å². The molecule has 2 aromatic rings. The molecule has 2 rings (SSSR count). The number of hydrogen-bond donors (Lipinski definition) is 2. The molecule has 7 heteroatoms. The molecule has 0 fully saturated rings. The van der Waals surface area contributed by atoms with Gasteiger partial charge in [-0.3, -0.25) is 14.5 Å². The van der Waals surface area contributed by atoms with Gasteiger partial charge in [0, 0.05) is 18.5 Å². The second-order valence-corrected chi connectivity index (χ2v) is 10.6. The third-order valence-corrected chi connectivity index (χ3v) is 6.08. The van der Waals surface area contributed by atoms with Crippen molar-refractivity contribution in [1.82, 2.24) is 15.5 Å². The summed E-state index contributed by atoms with van der Waals surface area (Å²) in [5.41, 5.74) is 2.40. The van der Waals surface area contributed by atoms with Gasteiger partial charge < -0.3 is 15.4 Å². The van der Waals surface area contributed by atoms with Crippen LogP contribution in [-0.2, 0) is 20.7 Å². The lowest BCUT2D eigenvalue weighted by atomic mass is 9.93. The molecule has 0 saturated carbocycles. The van der Waals surface area contributed by atoms with Crippen LogP contribution >= 0.6 is 0 Å². The summed E-state index contributed by atoms with van der Waals surface area (Å²) in [7, 11) is 0. The first-order valence-corrected chi connectivity index (χ1v) is 13.1. The molecular formula is C31H41N3O4. The standard InChI is InChI=1S/C31H41N3O4/c1-9-15-23(5)32-28(35)27(26-21(3)16-14-17-22(26)4)34(10-2)29(36)25(20-24-18-12-11-13-19-24)33-30(37)38-31(6,7)8/h2,11-14,16-19,23,25,27H,9,15,20H2,1,3-8H3,(H,32,35)(H,33,37). The highest BCUT2D eigenvalue weighted by atomic mass is 16.6. The van der Waals surface area contributed by atoms with Crippen LogP contribution in [0.5, 0.6) is 0 Å². The monoisotopic (exact) mass is 519 g/mol. The van der Waals surface area contributed by atoms with Crippen LogP contribution in [-0.4, -0.2) is 40.5 Å². The van der Waals surface area contributed by atoms with Gasteiger partial charge in [-0.05, 0) is 70.2 Å². The Labute approximate surface area is 227 Å². The number of carbonyl (C=O) groups is 3. The average molecular weight is 520 g/mol.